The predicted octanol–water partition coefficient (Wildman–Crippen LogP) is -3.76. The van der Waals surface area contributed by atoms with Crippen molar-refractivity contribution in [3.05, 3.63) is 40.9 Å². The minimum Gasteiger partial charge on any atom is -0.511 e. The lowest BCUT2D eigenvalue weighted by atomic mass is 9.79. The lowest BCUT2D eigenvalue weighted by Crippen LogP contribution is -2.60. The number of carbonyl (C=O) groups excluding carboxylic acids is 1. The number of hydrogen-bond acceptors (Lipinski definition) is 16. The van der Waals surface area contributed by atoms with Gasteiger partial charge < -0.3 is 75.1 Å². The number of phenolic OH excluding ortho intramolecular Hbond substituents is 1. The predicted molar refractivity (Wildman–Crippen MR) is 129 cm³/mol. The first-order valence-corrected chi connectivity index (χ1v) is 12.6. The number of aliphatic hydroxyl groups is 10. The molecule has 0 amide bonds. The van der Waals surface area contributed by atoms with E-state index in [0.29, 0.717) is 0 Å². The van der Waals surface area contributed by atoms with Crippen molar-refractivity contribution in [1.29, 1.82) is 0 Å². The summed E-state index contributed by atoms with van der Waals surface area (Å²) in [6.45, 7) is -1.51. The Bertz CT molecular complexity index is 1240. The Labute approximate surface area is 230 Å². The number of carbonyl (C=O) groups is 1. The largest absolute Gasteiger partial charge is 0.511 e. The van der Waals surface area contributed by atoms with Gasteiger partial charge in [0, 0.05) is 6.07 Å². The van der Waals surface area contributed by atoms with Crippen LogP contribution in [0.15, 0.2) is 35.3 Å². The van der Waals surface area contributed by atoms with E-state index in [1.165, 1.54) is 0 Å². The van der Waals surface area contributed by atoms with Crippen LogP contribution in [0.2, 0.25) is 0 Å². The topological polar surface area (TPSA) is 277 Å². The maximum Gasteiger partial charge on any atom is 0.229 e. The van der Waals surface area contributed by atoms with E-state index in [1.807, 2.05) is 0 Å². The highest BCUT2D eigenvalue weighted by molar-refractivity contribution is 6.04. The Hall–Kier alpha value is -3.03. The Morgan fingerprint density at radius 3 is 2.02 bits per heavy atom. The quantitative estimate of drug-likeness (QED) is 0.158. The molecule has 226 valence electrons. The zero-order chi connectivity index (χ0) is 29.9. The molecule has 1 aliphatic carbocycles. The molecule has 3 heterocycles. The lowest BCUT2D eigenvalue weighted by Gasteiger charge is -2.42. The number of benzene rings is 1. The Morgan fingerprint density at radius 1 is 0.780 bits per heavy atom. The van der Waals surface area contributed by atoms with E-state index in [9.17, 15) is 61.0 Å². The summed E-state index contributed by atoms with van der Waals surface area (Å²) in [5.41, 5.74) is -0.724. The smallest absolute Gasteiger partial charge is 0.229 e. The van der Waals surface area contributed by atoms with Gasteiger partial charge in [0.05, 0.1) is 24.4 Å². The van der Waals surface area contributed by atoms with E-state index in [-0.39, 0.29) is 11.3 Å². The van der Waals surface area contributed by atoms with Crippen LogP contribution in [0.5, 0.6) is 17.2 Å². The van der Waals surface area contributed by atoms with E-state index in [1.54, 1.807) is 0 Å². The molecule has 12 unspecified atom stereocenters. The number of aliphatic hydroxyl groups excluding tert-OH is 10. The van der Waals surface area contributed by atoms with Gasteiger partial charge >= 0.3 is 0 Å². The summed E-state index contributed by atoms with van der Waals surface area (Å²) in [4.78, 5) is 13.6. The van der Waals surface area contributed by atoms with Crippen molar-refractivity contribution in [1.82, 2.24) is 0 Å². The summed E-state index contributed by atoms with van der Waals surface area (Å²) in [7, 11) is 0. The maximum atomic E-state index is 13.6. The molecule has 5 rings (SSSR count). The number of aromatic hydroxyl groups is 1. The monoisotopic (exact) mass is 586 g/mol. The number of ketones is 1. The molecule has 0 aromatic heterocycles. The number of ether oxygens (including phenoxy) is 4. The molecule has 0 radical (unpaired) electrons. The van der Waals surface area contributed by atoms with E-state index < -0.39 is 121 Å². The van der Waals surface area contributed by atoms with Crippen LogP contribution < -0.4 is 9.47 Å². The molecular weight excluding hydrogens is 556 g/mol. The van der Waals surface area contributed by atoms with Gasteiger partial charge in [0.15, 0.2) is 17.3 Å². The molecule has 2 fully saturated rings. The summed E-state index contributed by atoms with van der Waals surface area (Å²) in [6, 6.07) is 1.99. The van der Waals surface area contributed by atoms with Gasteiger partial charge in [-0.3, -0.25) is 4.79 Å². The van der Waals surface area contributed by atoms with Gasteiger partial charge in [-0.2, -0.15) is 0 Å². The van der Waals surface area contributed by atoms with E-state index in [4.69, 9.17) is 18.9 Å². The van der Waals surface area contributed by atoms with Crippen LogP contribution >= 0.6 is 0 Å². The normalized spacial score (nSPS) is 40.8. The first-order chi connectivity index (χ1) is 19.4. The number of phenols is 1. The van der Waals surface area contributed by atoms with Crippen LogP contribution in [0, 0.1) is 5.92 Å². The molecule has 0 spiro atoms. The van der Waals surface area contributed by atoms with Crippen molar-refractivity contribution in [3.8, 4) is 17.2 Å². The molecule has 16 heteroatoms. The minimum atomic E-state index is -1.88. The second-order valence-electron chi connectivity index (χ2n) is 10.2. The zero-order valence-corrected chi connectivity index (χ0v) is 21.0. The molecular formula is C25H30O16. The molecule has 3 aliphatic heterocycles. The minimum absolute atomic E-state index is 0.178. The lowest BCUT2D eigenvalue weighted by molar-refractivity contribution is -0.277. The third-order valence-electron chi connectivity index (χ3n) is 7.64. The van der Waals surface area contributed by atoms with Gasteiger partial charge in [0.25, 0.3) is 0 Å². The number of rotatable bonds is 5. The first kappa shape index (κ1) is 29.5. The standard InChI is InChI=1S/C25H30O16/c26-4-12-17(31)20(34)22(36)24(39-12)14-8(29)3-11-15(19(14)33)16(30)6-1-10(7(28)2-9(6)38-11)40-25-23(37)21(35)18(32)13(5-27)41-25/h1-3,11-13,15,17-18,20-29,31-37H,4-5H2. The Balaban J connectivity index is 1.46. The molecule has 12 atom stereocenters. The third-order valence-corrected chi connectivity index (χ3v) is 7.64. The van der Waals surface area contributed by atoms with Crippen molar-refractivity contribution >= 4 is 5.78 Å². The summed E-state index contributed by atoms with van der Waals surface area (Å²) in [5.74, 6) is -5.00. The SMILES string of the molecule is O=C1c2cc(OC3OC(CO)C(O)C(O)C3O)c(O)cc2OC2C=C(O)C(C3OC(CO)C(O)C(O)C3O)=C(O)C12. The van der Waals surface area contributed by atoms with E-state index >= 15 is 0 Å². The molecule has 11 N–H and O–H groups in total. The van der Waals surface area contributed by atoms with E-state index in [0.717, 1.165) is 18.2 Å². The van der Waals surface area contributed by atoms with Crippen molar-refractivity contribution in [2.45, 2.75) is 67.3 Å². The fraction of sp³-hybridized carbons (Fsp3) is 0.560. The zero-order valence-electron chi connectivity index (χ0n) is 21.0. The van der Waals surface area contributed by atoms with Gasteiger partial charge in [-0.25, -0.2) is 0 Å². The summed E-state index contributed by atoms with van der Waals surface area (Å²) in [6.07, 6.45) is -17.0. The Kier molecular flexibility index (Phi) is 7.90. The van der Waals surface area contributed by atoms with Crippen LogP contribution in [0.25, 0.3) is 0 Å². The molecule has 16 nitrogen and oxygen atoms in total. The van der Waals surface area contributed by atoms with Crippen LogP contribution in [0.1, 0.15) is 10.4 Å². The Morgan fingerprint density at radius 2 is 1.39 bits per heavy atom. The van der Waals surface area contributed by atoms with Gasteiger partial charge in [0.1, 0.15) is 84.2 Å². The highest BCUT2D eigenvalue weighted by Crippen LogP contribution is 2.45. The average molecular weight is 586 g/mol. The fourth-order valence-corrected chi connectivity index (χ4v) is 5.34. The van der Waals surface area contributed by atoms with Crippen molar-refractivity contribution < 1.29 is 79.9 Å². The number of fused-ring (bicyclic) bond motifs is 2. The first-order valence-electron chi connectivity index (χ1n) is 12.6. The molecule has 41 heavy (non-hydrogen) atoms. The van der Waals surface area contributed by atoms with Crippen LogP contribution in [-0.2, 0) is 9.47 Å². The van der Waals surface area contributed by atoms with Gasteiger partial charge in [-0.1, -0.05) is 0 Å². The molecule has 1 aromatic rings. The molecule has 0 saturated carbocycles. The summed E-state index contributed by atoms with van der Waals surface area (Å²) < 4.78 is 21.9. The van der Waals surface area contributed by atoms with Crippen molar-refractivity contribution in [3.63, 3.8) is 0 Å². The van der Waals surface area contributed by atoms with Gasteiger partial charge in [-0.15, -0.1) is 0 Å². The van der Waals surface area contributed by atoms with Gasteiger partial charge in [-0.05, 0) is 12.1 Å². The van der Waals surface area contributed by atoms with Crippen LogP contribution in [-0.4, -0.2) is 142 Å². The highest BCUT2D eigenvalue weighted by atomic mass is 16.7. The summed E-state index contributed by atoms with van der Waals surface area (Å²) >= 11 is 0. The maximum absolute atomic E-state index is 13.6. The van der Waals surface area contributed by atoms with E-state index in [2.05, 4.69) is 0 Å². The van der Waals surface area contributed by atoms with Crippen LogP contribution in [0.3, 0.4) is 0 Å². The van der Waals surface area contributed by atoms with Crippen LogP contribution in [0.4, 0.5) is 0 Å². The number of hydrogen-bond donors (Lipinski definition) is 11. The third kappa shape index (κ3) is 4.81. The molecule has 2 saturated heterocycles. The second-order valence-corrected chi connectivity index (χ2v) is 10.2. The molecule has 4 aliphatic rings. The summed E-state index contributed by atoms with van der Waals surface area (Å²) in [5, 5.41) is 112. The molecule has 0 bridgehead atoms. The highest BCUT2D eigenvalue weighted by Gasteiger charge is 2.51. The van der Waals surface area contributed by atoms with Crippen molar-refractivity contribution in [2.24, 2.45) is 5.92 Å². The van der Waals surface area contributed by atoms with Crippen molar-refractivity contribution in [2.75, 3.05) is 13.2 Å². The molecule has 1 aromatic carbocycles. The second kappa shape index (κ2) is 11.0. The van der Waals surface area contributed by atoms with Gasteiger partial charge in [0.2, 0.25) is 6.29 Å². The number of Topliss-reactive ketones (excluding diaryl/α,β-unsaturated/α-hetero) is 1. The average Bonchev–Trinajstić information content (AvgIpc) is 2.93. The fourth-order valence-electron chi connectivity index (χ4n) is 5.34.